The fourth-order valence-corrected chi connectivity index (χ4v) is 4.99. The Balaban J connectivity index is 1.69. The normalized spacial score (nSPS) is 12.7. The van der Waals surface area contributed by atoms with E-state index in [9.17, 15) is 9.59 Å². The van der Waals surface area contributed by atoms with Gasteiger partial charge in [0.1, 0.15) is 5.60 Å². The van der Waals surface area contributed by atoms with Gasteiger partial charge in [0.05, 0.1) is 11.8 Å². The van der Waals surface area contributed by atoms with Crippen LogP contribution >= 0.6 is 23.1 Å². The van der Waals surface area contributed by atoms with Crippen LogP contribution in [0.2, 0.25) is 0 Å². The highest BCUT2D eigenvalue weighted by Crippen LogP contribution is 2.28. The summed E-state index contributed by atoms with van der Waals surface area (Å²) in [6.07, 6.45) is 0.140. The number of benzene rings is 1. The zero-order valence-corrected chi connectivity index (χ0v) is 22.3. The molecule has 0 aliphatic rings. The van der Waals surface area contributed by atoms with Gasteiger partial charge in [0.2, 0.25) is 10.9 Å². The Morgan fingerprint density at radius 3 is 2.59 bits per heavy atom. The number of carbonyl (C=O) groups excluding carboxylic acids is 2. The molecule has 1 aromatic carbocycles. The second-order valence-electron chi connectivity index (χ2n) is 9.60. The predicted molar refractivity (Wildman–Crippen MR) is 135 cm³/mol. The number of ether oxygens (including phenoxy) is 1. The first-order valence-electron chi connectivity index (χ1n) is 11.1. The molecule has 0 saturated heterocycles. The molecule has 0 spiro atoms. The fraction of sp³-hybridized carbons (Fsp3) is 0.522. The van der Waals surface area contributed by atoms with Crippen LogP contribution in [0, 0.1) is 19.8 Å². The number of nitrogens with zero attached hydrogens (tertiary/aromatic N) is 4. The van der Waals surface area contributed by atoms with Gasteiger partial charge < -0.3 is 15.4 Å². The van der Waals surface area contributed by atoms with Gasteiger partial charge in [-0.05, 0) is 58.6 Å². The molecular formula is C23H32N6O3S2. The molecule has 11 heteroatoms. The standard InChI is InChI=1S/C23H32N6O3S2/c1-13(2)10-17(25-21(31)32-23(5,6)7)19-26-27-20-29(19)28-22(34-20)33-12-18(30)24-16-9-8-14(3)11-15(16)4/h8-9,11,13,17H,10,12H2,1-7H3,(H,24,30)(H,25,31). The summed E-state index contributed by atoms with van der Waals surface area (Å²) in [6, 6.07) is 5.51. The molecule has 9 nitrogen and oxygen atoms in total. The third-order valence-corrected chi connectivity index (χ3v) is 6.72. The zero-order valence-electron chi connectivity index (χ0n) is 20.6. The molecule has 0 radical (unpaired) electrons. The topological polar surface area (TPSA) is 111 Å². The van der Waals surface area contributed by atoms with Crippen molar-refractivity contribution < 1.29 is 14.3 Å². The highest BCUT2D eigenvalue weighted by molar-refractivity contribution is 8.01. The van der Waals surface area contributed by atoms with Crippen molar-refractivity contribution >= 4 is 45.7 Å². The van der Waals surface area contributed by atoms with E-state index in [2.05, 4.69) is 39.8 Å². The molecule has 0 aliphatic heterocycles. The first-order valence-corrected chi connectivity index (χ1v) is 12.9. The third kappa shape index (κ3) is 7.17. The number of aromatic nitrogens is 4. The maximum Gasteiger partial charge on any atom is 0.408 e. The van der Waals surface area contributed by atoms with E-state index in [1.165, 1.54) is 23.1 Å². The van der Waals surface area contributed by atoms with Gasteiger partial charge in [-0.1, -0.05) is 54.6 Å². The molecule has 1 unspecified atom stereocenters. The number of carbonyl (C=O) groups is 2. The lowest BCUT2D eigenvalue weighted by atomic mass is 10.0. The van der Waals surface area contributed by atoms with Crippen LogP contribution in [-0.2, 0) is 9.53 Å². The summed E-state index contributed by atoms with van der Waals surface area (Å²) in [7, 11) is 0. The largest absolute Gasteiger partial charge is 0.444 e. The van der Waals surface area contributed by atoms with E-state index in [0.29, 0.717) is 27.5 Å². The number of hydrogen-bond donors (Lipinski definition) is 2. The van der Waals surface area contributed by atoms with Crippen LogP contribution in [0.1, 0.15) is 64.0 Å². The van der Waals surface area contributed by atoms with Crippen molar-refractivity contribution in [3.05, 3.63) is 35.2 Å². The maximum atomic E-state index is 12.5. The number of nitrogens with one attached hydrogen (secondary N) is 2. The Morgan fingerprint density at radius 1 is 1.21 bits per heavy atom. The summed E-state index contributed by atoms with van der Waals surface area (Å²) in [5, 5.41) is 18.9. The Hall–Kier alpha value is -2.66. The van der Waals surface area contributed by atoms with Gasteiger partial charge in [-0.15, -0.1) is 15.3 Å². The number of rotatable bonds is 8. The first kappa shape index (κ1) is 26.0. The van der Waals surface area contributed by atoms with Gasteiger partial charge in [-0.3, -0.25) is 4.79 Å². The summed E-state index contributed by atoms with van der Waals surface area (Å²) >= 11 is 2.69. The van der Waals surface area contributed by atoms with Crippen molar-refractivity contribution in [2.24, 2.45) is 5.92 Å². The summed E-state index contributed by atoms with van der Waals surface area (Å²) in [4.78, 5) is 25.5. The summed E-state index contributed by atoms with van der Waals surface area (Å²) in [6.45, 7) is 13.6. The van der Waals surface area contributed by atoms with E-state index in [0.717, 1.165) is 16.8 Å². The number of anilines is 1. The summed E-state index contributed by atoms with van der Waals surface area (Å²) in [5.41, 5.74) is 2.38. The third-order valence-electron chi connectivity index (χ3n) is 4.69. The van der Waals surface area contributed by atoms with E-state index in [1.54, 1.807) is 4.52 Å². The smallest absolute Gasteiger partial charge is 0.408 e. The molecule has 2 aromatic heterocycles. The number of amides is 2. The van der Waals surface area contributed by atoms with Crippen LogP contribution in [0.15, 0.2) is 22.5 Å². The molecule has 0 fully saturated rings. The van der Waals surface area contributed by atoms with Gasteiger partial charge in [0.25, 0.3) is 0 Å². The second-order valence-corrected chi connectivity index (χ2v) is 11.8. The monoisotopic (exact) mass is 504 g/mol. The minimum atomic E-state index is -0.602. The molecular weight excluding hydrogens is 472 g/mol. The summed E-state index contributed by atoms with van der Waals surface area (Å²) in [5.74, 6) is 0.955. The minimum absolute atomic E-state index is 0.104. The van der Waals surface area contributed by atoms with Crippen molar-refractivity contribution in [2.45, 2.75) is 70.9 Å². The minimum Gasteiger partial charge on any atom is -0.444 e. The zero-order chi connectivity index (χ0) is 25.0. The molecule has 1 atom stereocenters. The van der Waals surface area contributed by atoms with Crippen LogP contribution in [0.25, 0.3) is 4.96 Å². The molecule has 2 heterocycles. The Bertz CT molecular complexity index is 1170. The van der Waals surface area contributed by atoms with Crippen molar-refractivity contribution in [1.29, 1.82) is 0 Å². The average Bonchev–Trinajstić information content (AvgIpc) is 3.26. The predicted octanol–water partition coefficient (Wildman–Crippen LogP) is 5.15. The fourth-order valence-electron chi connectivity index (χ4n) is 3.31. The first-order chi connectivity index (χ1) is 15.9. The average molecular weight is 505 g/mol. The van der Waals surface area contributed by atoms with E-state index in [4.69, 9.17) is 4.74 Å². The summed E-state index contributed by atoms with van der Waals surface area (Å²) < 4.78 is 7.75. The number of thioether (sulfide) groups is 1. The second kappa shape index (κ2) is 10.7. The van der Waals surface area contributed by atoms with Crippen LogP contribution < -0.4 is 10.6 Å². The van der Waals surface area contributed by atoms with Gasteiger partial charge in [0, 0.05) is 5.69 Å². The highest BCUT2D eigenvalue weighted by atomic mass is 32.2. The molecule has 2 N–H and O–H groups in total. The van der Waals surface area contributed by atoms with E-state index >= 15 is 0 Å². The van der Waals surface area contributed by atoms with Crippen molar-refractivity contribution in [1.82, 2.24) is 25.1 Å². The molecule has 3 aromatic rings. The number of hydrogen-bond acceptors (Lipinski definition) is 8. The Morgan fingerprint density at radius 2 is 1.94 bits per heavy atom. The number of aryl methyl sites for hydroxylation is 2. The molecule has 0 saturated carbocycles. The quantitative estimate of drug-likeness (QED) is 0.408. The highest BCUT2D eigenvalue weighted by Gasteiger charge is 2.26. The van der Waals surface area contributed by atoms with E-state index in [1.807, 2.05) is 52.8 Å². The number of alkyl carbamates (subject to hydrolysis) is 1. The van der Waals surface area contributed by atoms with Crippen LogP contribution in [0.3, 0.4) is 0 Å². The molecule has 34 heavy (non-hydrogen) atoms. The molecule has 0 aliphatic carbocycles. The van der Waals surface area contributed by atoms with Gasteiger partial charge in [-0.25, -0.2) is 4.79 Å². The SMILES string of the molecule is Cc1ccc(NC(=O)CSc2nn3c(C(CC(C)C)NC(=O)OC(C)(C)C)nnc3s2)c(C)c1. The lowest BCUT2D eigenvalue weighted by Crippen LogP contribution is -2.36. The van der Waals surface area contributed by atoms with Crippen molar-refractivity contribution in [2.75, 3.05) is 11.1 Å². The van der Waals surface area contributed by atoms with Gasteiger partial charge in [0.15, 0.2) is 10.2 Å². The number of fused-ring (bicyclic) bond motifs is 1. The van der Waals surface area contributed by atoms with E-state index < -0.39 is 17.7 Å². The maximum absolute atomic E-state index is 12.5. The van der Waals surface area contributed by atoms with E-state index in [-0.39, 0.29) is 11.7 Å². The van der Waals surface area contributed by atoms with Crippen molar-refractivity contribution in [3.63, 3.8) is 0 Å². The molecule has 2 amide bonds. The Kier molecular flexibility index (Phi) is 8.19. The van der Waals surface area contributed by atoms with Crippen LogP contribution in [0.4, 0.5) is 10.5 Å². The molecule has 184 valence electrons. The molecule has 0 bridgehead atoms. The Labute approximate surface area is 208 Å². The lowest BCUT2D eigenvalue weighted by molar-refractivity contribution is -0.113. The van der Waals surface area contributed by atoms with Crippen LogP contribution in [0.5, 0.6) is 0 Å². The van der Waals surface area contributed by atoms with Crippen molar-refractivity contribution in [3.8, 4) is 0 Å². The van der Waals surface area contributed by atoms with Crippen LogP contribution in [-0.4, -0.2) is 43.2 Å². The van der Waals surface area contributed by atoms with Gasteiger partial charge >= 0.3 is 6.09 Å². The van der Waals surface area contributed by atoms with Gasteiger partial charge in [-0.2, -0.15) is 4.52 Å². The lowest BCUT2D eigenvalue weighted by Gasteiger charge is -2.23. The molecule has 3 rings (SSSR count).